The fourth-order valence-corrected chi connectivity index (χ4v) is 5.73. The van der Waals surface area contributed by atoms with Crippen LogP contribution in [0.2, 0.25) is 19.6 Å². The first-order chi connectivity index (χ1) is 9.61. The van der Waals surface area contributed by atoms with Crippen molar-refractivity contribution in [1.29, 1.82) is 0 Å². The van der Waals surface area contributed by atoms with E-state index in [2.05, 4.69) is 46.5 Å². The molecule has 2 aliphatic carbocycles. The van der Waals surface area contributed by atoms with E-state index in [1.54, 1.807) is 0 Å². The summed E-state index contributed by atoms with van der Waals surface area (Å²) in [5.74, 6) is 1.40. The lowest BCUT2D eigenvalue weighted by molar-refractivity contribution is -0.278. The Labute approximate surface area is 130 Å². The SMILES string of the molecule is CC1(C)[C@H]2CC=C(O[Si](C)(C)C)[C@@]2(C)CCC12OCCO2. The highest BCUT2D eigenvalue weighted by Crippen LogP contribution is 2.64. The Bertz CT molecular complexity index is 457. The Morgan fingerprint density at radius 2 is 1.71 bits per heavy atom. The lowest BCUT2D eigenvalue weighted by atomic mass is 9.54. The highest BCUT2D eigenvalue weighted by atomic mass is 28.4. The van der Waals surface area contributed by atoms with E-state index < -0.39 is 8.32 Å². The van der Waals surface area contributed by atoms with Crippen LogP contribution < -0.4 is 0 Å². The molecule has 1 aliphatic heterocycles. The van der Waals surface area contributed by atoms with Gasteiger partial charge >= 0.3 is 0 Å². The van der Waals surface area contributed by atoms with Crippen molar-refractivity contribution in [3.05, 3.63) is 11.8 Å². The van der Waals surface area contributed by atoms with Gasteiger partial charge in [0.1, 0.15) is 0 Å². The van der Waals surface area contributed by atoms with E-state index >= 15 is 0 Å². The highest BCUT2D eigenvalue weighted by molar-refractivity contribution is 6.70. The Morgan fingerprint density at radius 3 is 2.29 bits per heavy atom. The summed E-state index contributed by atoms with van der Waals surface area (Å²) in [4.78, 5) is 0. The molecule has 0 aromatic carbocycles. The molecule has 0 aromatic heterocycles. The van der Waals surface area contributed by atoms with E-state index in [0.29, 0.717) is 5.92 Å². The number of hydrogen-bond donors (Lipinski definition) is 0. The van der Waals surface area contributed by atoms with Crippen LogP contribution in [0.3, 0.4) is 0 Å². The summed E-state index contributed by atoms with van der Waals surface area (Å²) in [7, 11) is -1.56. The number of rotatable bonds is 2. The van der Waals surface area contributed by atoms with Crippen LogP contribution in [0.5, 0.6) is 0 Å². The van der Waals surface area contributed by atoms with E-state index in [-0.39, 0.29) is 16.6 Å². The molecule has 2 fully saturated rings. The number of allylic oxidation sites excluding steroid dienone is 2. The second kappa shape index (κ2) is 4.59. The van der Waals surface area contributed by atoms with Gasteiger partial charge < -0.3 is 13.9 Å². The van der Waals surface area contributed by atoms with Crippen LogP contribution in [0.1, 0.15) is 40.0 Å². The Morgan fingerprint density at radius 1 is 1.10 bits per heavy atom. The van der Waals surface area contributed by atoms with Gasteiger partial charge in [-0.1, -0.05) is 20.8 Å². The summed E-state index contributed by atoms with van der Waals surface area (Å²) in [6.45, 7) is 15.3. The second-order valence-corrected chi connectivity index (χ2v) is 13.1. The van der Waals surface area contributed by atoms with Gasteiger partial charge in [-0.05, 0) is 44.5 Å². The molecular weight excluding hydrogens is 280 g/mol. The summed E-state index contributed by atoms with van der Waals surface area (Å²) < 4.78 is 18.7. The topological polar surface area (TPSA) is 27.7 Å². The van der Waals surface area contributed by atoms with Crippen molar-refractivity contribution in [3.8, 4) is 0 Å². The van der Waals surface area contributed by atoms with Gasteiger partial charge in [0.2, 0.25) is 8.32 Å². The van der Waals surface area contributed by atoms with Crippen molar-refractivity contribution in [2.24, 2.45) is 16.7 Å². The van der Waals surface area contributed by atoms with Crippen LogP contribution >= 0.6 is 0 Å². The fourth-order valence-electron chi connectivity index (χ4n) is 4.75. The van der Waals surface area contributed by atoms with Gasteiger partial charge in [-0.15, -0.1) is 0 Å². The van der Waals surface area contributed by atoms with Gasteiger partial charge in [0.05, 0.1) is 19.0 Å². The van der Waals surface area contributed by atoms with E-state index in [1.165, 1.54) is 5.76 Å². The molecule has 1 saturated carbocycles. The summed E-state index contributed by atoms with van der Waals surface area (Å²) in [5.41, 5.74) is 0.155. The molecule has 0 amide bonds. The largest absolute Gasteiger partial charge is 0.547 e. The number of fused-ring (bicyclic) bond motifs is 1. The van der Waals surface area contributed by atoms with Crippen molar-refractivity contribution in [2.75, 3.05) is 13.2 Å². The minimum absolute atomic E-state index is 0.0115. The van der Waals surface area contributed by atoms with Gasteiger partial charge in [-0.3, -0.25) is 0 Å². The maximum absolute atomic E-state index is 6.43. The molecule has 120 valence electrons. The smallest absolute Gasteiger partial charge is 0.241 e. The van der Waals surface area contributed by atoms with Gasteiger partial charge in [0.15, 0.2) is 5.79 Å². The fraction of sp³-hybridized carbons (Fsp3) is 0.882. The predicted octanol–water partition coefficient (Wildman–Crippen LogP) is 4.31. The number of ether oxygens (including phenoxy) is 2. The molecule has 1 heterocycles. The van der Waals surface area contributed by atoms with Crippen molar-refractivity contribution >= 4 is 8.32 Å². The first-order valence-corrected chi connectivity index (χ1v) is 11.7. The highest BCUT2D eigenvalue weighted by Gasteiger charge is 2.64. The monoisotopic (exact) mass is 310 g/mol. The predicted molar refractivity (Wildman–Crippen MR) is 86.4 cm³/mol. The van der Waals surface area contributed by atoms with E-state index in [4.69, 9.17) is 13.9 Å². The van der Waals surface area contributed by atoms with E-state index in [0.717, 1.165) is 32.5 Å². The van der Waals surface area contributed by atoms with Crippen molar-refractivity contribution in [2.45, 2.75) is 65.5 Å². The van der Waals surface area contributed by atoms with Gasteiger partial charge in [-0.25, -0.2) is 0 Å². The zero-order valence-corrected chi connectivity index (χ0v) is 15.4. The van der Waals surface area contributed by atoms with Crippen LogP contribution in [0, 0.1) is 16.7 Å². The van der Waals surface area contributed by atoms with E-state index in [9.17, 15) is 0 Å². The standard InChI is InChI=1S/C17H30O3Si/c1-15(2)13-7-8-14(20-21(4,5)6)16(13,3)9-10-17(15)18-11-12-19-17/h8,13H,7,9-12H2,1-6H3/t13-,16+/m1/s1. The molecule has 0 aromatic rings. The lowest BCUT2D eigenvalue weighted by Gasteiger charge is -2.56. The summed E-state index contributed by atoms with van der Waals surface area (Å²) >= 11 is 0. The normalized spacial score (nSPS) is 37.4. The zero-order chi connectivity index (χ0) is 15.5. The average molecular weight is 311 g/mol. The van der Waals surface area contributed by atoms with Gasteiger partial charge in [0, 0.05) is 17.3 Å². The number of hydrogen-bond acceptors (Lipinski definition) is 3. The molecule has 3 aliphatic rings. The summed E-state index contributed by atoms with van der Waals surface area (Å²) in [6, 6.07) is 0. The minimum Gasteiger partial charge on any atom is -0.547 e. The van der Waals surface area contributed by atoms with Crippen LogP contribution in [0.15, 0.2) is 11.8 Å². The summed E-state index contributed by atoms with van der Waals surface area (Å²) in [5, 5.41) is 0. The minimum atomic E-state index is -1.56. The van der Waals surface area contributed by atoms with Crippen molar-refractivity contribution < 1.29 is 13.9 Å². The molecule has 2 atom stereocenters. The Kier molecular flexibility index (Phi) is 3.40. The zero-order valence-electron chi connectivity index (χ0n) is 14.4. The van der Waals surface area contributed by atoms with Crippen molar-refractivity contribution in [3.63, 3.8) is 0 Å². The molecule has 1 spiro atoms. The molecule has 0 N–H and O–H groups in total. The van der Waals surface area contributed by atoms with E-state index in [1.807, 2.05) is 0 Å². The molecule has 0 bridgehead atoms. The van der Waals surface area contributed by atoms with Crippen LogP contribution in [0.25, 0.3) is 0 Å². The third kappa shape index (κ3) is 2.22. The van der Waals surface area contributed by atoms with Gasteiger partial charge in [0.25, 0.3) is 0 Å². The third-order valence-electron chi connectivity index (χ3n) is 5.87. The van der Waals surface area contributed by atoms with Crippen molar-refractivity contribution in [1.82, 2.24) is 0 Å². The molecule has 1 saturated heterocycles. The quantitative estimate of drug-likeness (QED) is 0.711. The molecule has 0 unspecified atom stereocenters. The molecule has 3 rings (SSSR count). The second-order valence-electron chi connectivity index (χ2n) is 8.66. The van der Waals surface area contributed by atoms with Crippen LogP contribution in [0.4, 0.5) is 0 Å². The van der Waals surface area contributed by atoms with Gasteiger partial charge in [-0.2, -0.15) is 0 Å². The molecular formula is C17H30O3Si. The van der Waals surface area contributed by atoms with Crippen LogP contribution in [-0.4, -0.2) is 27.3 Å². The first-order valence-electron chi connectivity index (χ1n) is 8.28. The molecule has 21 heavy (non-hydrogen) atoms. The lowest BCUT2D eigenvalue weighted by Crippen LogP contribution is -2.58. The van der Waals surface area contributed by atoms with Crippen LogP contribution in [-0.2, 0) is 13.9 Å². The maximum atomic E-state index is 6.43. The summed E-state index contributed by atoms with van der Waals surface area (Å²) in [6.07, 6.45) is 5.49. The molecule has 4 heteroatoms. The maximum Gasteiger partial charge on any atom is 0.241 e. The molecule has 0 radical (unpaired) electrons. The Hall–Kier alpha value is -0.323. The average Bonchev–Trinajstić information content (AvgIpc) is 2.92. The first kappa shape index (κ1) is 15.6. The Balaban J connectivity index is 1.89. The third-order valence-corrected chi connectivity index (χ3v) is 6.70. The molecule has 3 nitrogen and oxygen atoms in total.